The van der Waals surface area contributed by atoms with Gasteiger partial charge in [-0.25, -0.2) is 8.42 Å². The van der Waals surface area contributed by atoms with Crippen LogP contribution in [-0.2, 0) is 38.0 Å². The molecule has 1 atom stereocenters. The van der Waals surface area contributed by atoms with E-state index in [1.54, 1.807) is 12.1 Å². The summed E-state index contributed by atoms with van der Waals surface area (Å²) in [6, 6.07) is 23.5. The van der Waals surface area contributed by atoms with Crippen LogP contribution in [0.2, 0.25) is 0 Å². The van der Waals surface area contributed by atoms with Crippen molar-refractivity contribution in [2.45, 2.75) is 72.0 Å². The number of carbonyl (C=O) groups excluding carboxylic acids is 2. The van der Waals surface area contributed by atoms with Crippen LogP contribution >= 0.6 is 0 Å². The molecular weight excluding hydrogens is 534 g/mol. The lowest BCUT2D eigenvalue weighted by Crippen LogP contribution is -2.54. The molecule has 0 saturated carbocycles. The maximum Gasteiger partial charge on any atom is 0.244 e. The average Bonchev–Trinajstić information content (AvgIpc) is 2.89. The fourth-order valence-electron chi connectivity index (χ4n) is 4.65. The predicted molar refractivity (Wildman–Crippen MR) is 166 cm³/mol. The Balaban J connectivity index is 2.06. The van der Waals surface area contributed by atoms with Crippen LogP contribution in [0.1, 0.15) is 56.9 Å². The molecule has 0 aromatic heterocycles. The predicted octanol–water partition coefficient (Wildman–Crippen LogP) is 5.22. The van der Waals surface area contributed by atoms with Gasteiger partial charge >= 0.3 is 0 Å². The molecule has 8 heteroatoms. The Morgan fingerprint density at radius 3 is 2.00 bits per heavy atom. The summed E-state index contributed by atoms with van der Waals surface area (Å²) in [6.45, 7) is 11.7. The van der Waals surface area contributed by atoms with E-state index in [2.05, 4.69) is 26.1 Å². The molecule has 220 valence electrons. The van der Waals surface area contributed by atoms with Crippen molar-refractivity contribution in [3.8, 4) is 0 Å². The van der Waals surface area contributed by atoms with E-state index in [0.29, 0.717) is 5.69 Å². The number of hydrogen-bond acceptors (Lipinski definition) is 4. The highest BCUT2D eigenvalue weighted by molar-refractivity contribution is 7.92. The van der Waals surface area contributed by atoms with Gasteiger partial charge in [-0.3, -0.25) is 13.9 Å². The Hall–Kier alpha value is -3.65. The highest BCUT2D eigenvalue weighted by atomic mass is 32.2. The molecular formula is C33H43N3O4S. The second-order valence-electron chi connectivity index (χ2n) is 11.9. The van der Waals surface area contributed by atoms with E-state index in [9.17, 15) is 18.0 Å². The minimum absolute atomic E-state index is 0.108. The molecule has 3 aromatic rings. The second kappa shape index (κ2) is 13.3. The summed E-state index contributed by atoms with van der Waals surface area (Å²) in [7, 11) is -3.81. The van der Waals surface area contributed by atoms with Gasteiger partial charge in [0, 0.05) is 19.0 Å². The smallest absolute Gasteiger partial charge is 0.244 e. The van der Waals surface area contributed by atoms with Crippen LogP contribution in [0.3, 0.4) is 0 Å². The fraction of sp³-hybridized carbons (Fsp3) is 0.394. The first-order chi connectivity index (χ1) is 19.2. The molecule has 0 heterocycles. The summed E-state index contributed by atoms with van der Waals surface area (Å²) in [6.07, 6.45) is 1.38. The van der Waals surface area contributed by atoms with Crippen LogP contribution in [0.5, 0.6) is 0 Å². The van der Waals surface area contributed by atoms with Crippen molar-refractivity contribution in [1.82, 2.24) is 10.2 Å². The number of sulfonamides is 1. The van der Waals surface area contributed by atoms with Crippen molar-refractivity contribution in [2.24, 2.45) is 0 Å². The number of nitrogens with zero attached hydrogens (tertiary/aromatic N) is 2. The van der Waals surface area contributed by atoms with E-state index in [4.69, 9.17) is 0 Å². The van der Waals surface area contributed by atoms with E-state index in [1.807, 2.05) is 87.5 Å². The number of amides is 2. The van der Waals surface area contributed by atoms with Gasteiger partial charge < -0.3 is 10.2 Å². The summed E-state index contributed by atoms with van der Waals surface area (Å²) >= 11 is 0. The summed E-state index contributed by atoms with van der Waals surface area (Å²) < 4.78 is 27.1. The minimum atomic E-state index is -3.81. The van der Waals surface area contributed by atoms with Gasteiger partial charge in [0.05, 0.1) is 11.9 Å². The Morgan fingerprint density at radius 1 is 0.878 bits per heavy atom. The third kappa shape index (κ3) is 8.92. The summed E-state index contributed by atoms with van der Waals surface area (Å²) in [5, 5.41) is 2.97. The first-order valence-electron chi connectivity index (χ1n) is 13.9. The van der Waals surface area contributed by atoms with E-state index < -0.39 is 28.5 Å². The molecule has 41 heavy (non-hydrogen) atoms. The Morgan fingerprint density at radius 2 is 1.46 bits per heavy atom. The van der Waals surface area contributed by atoms with Crippen molar-refractivity contribution in [3.05, 3.63) is 101 Å². The first-order valence-corrected chi connectivity index (χ1v) is 15.8. The first kappa shape index (κ1) is 31.9. The number of aryl methyl sites for hydroxylation is 1. The number of rotatable bonds is 11. The molecule has 3 aromatic carbocycles. The molecule has 0 aliphatic rings. The van der Waals surface area contributed by atoms with Gasteiger partial charge in [-0.05, 0) is 60.6 Å². The maximum absolute atomic E-state index is 14.2. The monoisotopic (exact) mass is 577 g/mol. The zero-order valence-electron chi connectivity index (χ0n) is 25.2. The highest BCUT2D eigenvalue weighted by Gasteiger charge is 2.33. The zero-order chi connectivity index (χ0) is 30.4. The minimum Gasteiger partial charge on any atom is -0.352 e. The molecule has 1 N–H and O–H groups in total. The standard InChI is InChI=1S/C33H43N3O4S/c1-24(2)34-32(38)30(21-26-14-9-8-10-15-26)35(22-27-16-12-11-13-25(27)3)31(37)23-36(41(7,39)40)29-19-17-28(18-20-29)33(4,5)6/h8-20,24,30H,21-23H2,1-7H3,(H,34,38). The van der Waals surface area contributed by atoms with Crippen LogP contribution in [0.25, 0.3) is 0 Å². The van der Waals surface area contributed by atoms with Crippen LogP contribution in [0.15, 0.2) is 78.9 Å². The number of benzene rings is 3. The zero-order valence-corrected chi connectivity index (χ0v) is 26.0. The normalized spacial score (nSPS) is 12.6. The molecule has 0 aliphatic carbocycles. The molecule has 0 spiro atoms. The van der Waals surface area contributed by atoms with Crippen LogP contribution in [0, 0.1) is 6.92 Å². The van der Waals surface area contributed by atoms with E-state index in [-0.39, 0.29) is 30.3 Å². The molecule has 7 nitrogen and oxygen atoms in total. The van der Waals surface area contributed by atoms with Crippen molar-refractivity contribution in [2.75, 3.05) is 17.1 Å². The van der Waals surface area contributed by atoms with Crippen molar-refractivity contribution in [3.63, 3.8) is 0 Å². The van der Waals surface area contributed by atoms with Gasteiger partial charge in [-0.2, -0.15) is 0 Å². The van der Waals surface area contributed by atoms with Crippen LogP contribution in [-0.4, -0.2) is 50.0 Å². The number of hydrogen-bond donors (Lipinski definition) is 1. The molecule has 0 bridgehead atoms. The van der Waals surface area contributed by atoms with Crippen LogP contribution in [0.4, 0.5) is 5.69 Å². The lowest BCUT2D eigenvalue weighted by Gasteiger charge is -2.34. The number of anilines is 1. The van der Waals surface area contributed by atoms with Gasteiger partial charge in [0.2, 0.25) is 21.8 Å². The third-order valence-corrected chi connectivity index (χ3v) is 8.15. The molecule has 0 radical (unpaired) electrons. The van der Waals surface area contributed by atoms with Crippen molar-refractivity contribution in [1.29, 1.82) is 0 Å². The SMILES string of the molecule is Cc1ccccc1CN(C(=O)CN(c1ccc(C(C)(C)C)cc1)S(C)(=O)=O)C(Cc1ccccc1)C(=O)NC(C)C. The maximum atomic E-state index is 14.2. The summed E-state index contributed by atoms with van der Waals surface area (Å²) in [5.74, 6) is -0.746. The number of nitrogens with one attached hydrogen (secondary N) is 1. The molecule has 0 saturated heterocycles. The van der Waals surface area contributed by atoms with Gasteiger partial charge in [0.25, 0.3) is 0 Å². The lowest BCUT2D eigenvalue weighted by molar-refractivity contribution is -0.140. The van der Waals surface area contributed by atoms with Crippen molar-refractivity contribution >= 4 is 27.5 Å². The van der Waals surface area contributed by atoms with E-state index in [0.717, 1.165) is 32.8 Å². The fourth-order valence-corrected chi connectivity index (χ4v) is 5.50. The van der Waals surface area contributed by atoms with Crippen molar-refractivity contribution < 1.29 is 18.0 Å². The second-order valence-corrected chi connectivity index (χ2v) is 13.8. The van der Waals surface area contributed by atoms with Crippen LogP contribution < -0.4 is 9.62 Å². The molecule has 0 fully saturated rings. The molecule has 2 amide bonds. The largest absolute Gasteiger partial charge is 0.352 e. The molecule has 0 aliphatic heterocycles. The van der Waals surface area contributed by atoms with Gasteiger partial charge in [0.15, 0.2) is 0 Å². The average molecular weight is 578 g/mol. The summed E-state index contributed by atoms with van der Waals surface area (Å²) in [4.78, 5) is 29.3. The quantitative estimate of drug-likeness (QED) is 0.338. The van der Waals surface area contributed by atoms with Gasteiger partial charge in [-0.1, -0.05) is 87.5 Å². The summed E-state index contributed by atoms with van der Waals surface area (Å²) in [5.41, 5.74) is 4.11. The lowest BCUT2D eigenvalue weighted by atomic mass is 9.87. The van der Waals surface area contributed by atoms with E-state index >= 15 is 0 Å². The Labute approximate surface area is 245 Å². The number of carbonyl (C=O) groups is 2. The molecule has 3 rings (SSSR count). The highest BCUT2D eigenvalue weighted by Crippen LogP contribution is 2.26. The van der Waals surface area contributed by atoms with Gasteiger partial charge in [-0.15, -0.1) is 0 Å². The third-order valence-electron chi connectivity index (χ3n) is 7.00. The van der Waals surface area contributed by atoms with Gasteiger partial charge in [0.1, 0.15) is 12.6 Å². The molecule has 1 unspecified atom stereocenters. The Kier molecular flexibility index (Phi) is 10.4. The Bertz CT molecular complexity index is 1430. The topological polar surface area (TPSA) is 86.8 Å². The van der Waals surface area contributed by atoms with E-state index in [1.165, 1.54) is 4.90 Å².